The number of hydrogen-bond donors (Lipinski definition) is 1. The van der Waals surface area contributed by atoms with Crippen LogP contribution < -0.4 is 10.9 Å². The van der Waals surface area contributed by atoms with Gasteiger partial charge < -0.3 is 5.32 Å². The lowest BCUT2D eigenvalue weighted by Crippen LogP contribution is -2.40. The van der Waals surface area contributed by atoms with Crippen molar-refractivity contribution in [2.75, 3.05) is 0 Å². The number of alkyl halides is 3. The van der Waals surface area contributed by atoms with Gasteiger partial charge in [0.2, 0.25) is 0 Å². The highest BCUT2D eigenvalue weighted by molar-refractivity contribution is 9.10. The molecule has 0 spiro atoms. The molecule has 0 saturated carbocycles. The van der Waals surface area contributed by atoms with Gasteiger partial charge in [-0.2, -0.15) is 13.2 Å². The number of nitrogens with one attached hydrogen (secondary N) is 1. The minimum atomic E-state index is -5.04. The standard InChI is InChI=1S/C19H13BrClF3N2O2/c1-10(25-18(28)19(22,23)24)16-15(20)12-8-5-9-13(21)14(12)17(27)26(16)11-6-3-2-4-7-11/h2-10H,1H3,(H,25,28)/t10-/m0/s1. The van der Waals surface area contributed by atoms with Crippen molar-refractivity contribution < 1.29 is 18.0 Å². The number of carbonyl (C=O) groups excluding carboxylic acids is 1. The molecule has 0 bridgehead atoms. The second-order valence-electron chi connectivity index (χ2n) is 6.03. The molecule has 0 fully saturated rings. The maximum absolute atomic E-state index is 13.2. The molecule has 28 heavy (non-hydrogen) atoms. The van der Waals surface area contributed by atoms with Gasteiger partial charge in [0.05, 0.1) is 22.1 Å². The average molecular weight is 474 g/mol. The van der Waals surface area contributed by atoms with Gasteiger partial charge in [-0.1, -0.05) is 41.9 Å². The number of halogens is 5. The summed E-state index contributed by atoms with van der Waals surface area (Å²) in [5.41, 5.74) is 0.0970. The summed E-state index contributed by atoms with van der Waals surface area (Å²) in [5, 5.41) is 2.78. The first-order valence-electron chi connectivity index (χ1n) is 8.08. The zero-order valence-electron chi connectivity index (χ0n) is 14.3. The highest BCUT2D eigenvalue weighted by Crippen LogP contribution is 2.34. The van der Waals surface area contributed by atoms with E-state index in [1.54, 1.807) is 48.5 Å². The Kier molecular flexibility index (Phi) is 5.54. The molecule has 1 N–H and O–H groups in total. The van der Waals surface area contributed by atoms with E-state index in [0.717, 1.165) is 0 Å². The number of fused-ring (bicyclic) bond motifs is 1. The van der Waals surface area contributed by atoms with Crippen molar-refractivity contribution in [3.8, 4) is 5.69 Å². The van der Waals surface area contributed by atoms with Gasteiger partial charge in [0.15, 0.2) is 0 Å². The Morgan fingerprint density at radius 1 is 1.14 bits per heavy atom. The van der Waals surface area contributed by atoms with Gasteiger partial charge in [0.1, 0.15) is 0 Å². The summed E-state index contributed by atoms with van der Waals surface area (Å²) < 4.78 is 39.8. The van der Waals surface area contributed by atoms with E-state index >= 15 is 0 Å². The van der Waals surface area contributed by atoms with Crippen LogP contribution in [0.1, 0.15) is 18.7 Å². The molecular weight excluding hydrogens is 461 g/mol. The molecule has 1 atom stereocenters. The number of hydrogen-bond acceptors (Lipinski definition) is 2. The lowest BCUT2D eigenvalue weighted by Gasteiger charge is -2.23. The summed E-state index contributed by atoms with van der Waals surface area (Å²) >= 11 is 9.61. The topological polar surface area (TPSA) is 51.1 Å². The summed E-state index contributed by atoms with van der Waals surface area (Å²) in [6.07, 6.45) is -5.04. The van der Waals surface area contributed by atoms with Crippen LogP contribution in [0.2, 0.25) is 5.02 Å². The Bertz CT molecular complexity index is 1110. The first kappa shape index (κ1) is 20.4. The van der Waals surface area contributed by atoms with Crippen LogP contribution in [0.15, 0.2) is 57.8 Å². The van der Waals surface area contributed by atoms with Gasteiger partial charge in [0, 0.05) is 15.5 Å². The molecule has 1 amide bonds. The predicted octanol–water partition coefficient (Wildman–Crippen LogP) is 5.15. The molecule has 3 aromatic rings. The number of rotatable bonds is 3. The molecule has 2 aromatic carbocycles. The zero-order chi connectivity index (χ0) is 20.6. The first-order chi connectivity index (χ1) is 13.1. The van der Waals surface area contributed by atoms with Crippen LogP contribution in [0.5, 0.6) is 0 Å². The van der Waals surface area contributed by atoms with Crippen LogP contribution in [0.25, 0.3) is 16.5 Å². The van der Waals surface area contributed by atoms with Crippen molar-refractivity contribution in [2.45, 2.75) is 19.1 Å². The van der Waals surface area contributed by atoms with Crippen molar-refractivity contribution in [1.29, 1.82) is 0 Å². The smallest absolute Gasteiger partial charge is 0.340 e. The highest BCUT2D eigenvalue weighted by Gasteiger charge is 2.40. The van der Waals surface area contributed by atoms with Crippen molar-refractivity contribution in [2.24, 2.45) is 0 Å². The van der Waals surface area contributed by atoms with E-state index in [1.807, 2.05) is 5.32 Å². The average Bonchev–Trinajstić information content (AvgIpc) is 2.64. The van der Waals surface area contributed by atoms with Gasteiger partial charge >= 0.3 is 12.1 Å². The largest absolute Gasteiger partial charge is 0.471 e. The van der Waals surface area contributed by atoms with E-state index in [2.05, 4.69) is 15.9 Å². The Morgan fingerprint density at radius 3 is 2.39 bits per heavy atom. The maximum Gasteiger partial charge on any atom is 0.471 e. The van der Waals surface area contributed by atoms with Crippen LogP contribution in [-0.4, -0.2) is 16.7 Å². The summed E-state index contributed by atoms with van der Waals surface area (Å²) in [4.78, 5) is 24.7. The second-order valence-corrected chi connectivity index (χ2v) is 7.23. The summed E-state index contributed by atoms with van der Waals surface area (Å²) in [5.74, 6) is -2.09. The normalized spacial score (nSPS) is 12.8. The van der Waals surface area contributed by atoms with Crippen LogP contribution in [0.3, 0.4) is 0 Å². The molecule has 9 heteroatoms. The van der Waals surface area contributed by atoms with Gasteiger partial charge in [-0.15, -0.1) is 0 Å². The van der Waals surface area contributed by atoms with Gasteiger partial charge in [0.25, 0.3) is 5.56 Å². The maximum atomic E-state index is 13.2. The first-order valence-corrected chi connectivity index (χ1v) is 9.25. The molecule has 0 radical (unpaired) electrons. The molecule has 0 saturated heterocycles. The van der Waals surface area contributed by atoms with E-state index in [4.69, 9.17) is 11.6 Å². The number of carbonyl (C=O) groups is 1. The number of pyridine rings is 1. The minimum Gasteiger partial charge on any atom is -0.340 e. The Morgan fingerprint density at radius 2 is 1.79 bits per heavy atom. The Labute approximate surface area is 171 Å². The molecular formula is C19H13BrClF3N2O2. The zero-order valence-corrected chi connectivity index (χ0v) is 16.7. The third kappa shape index (κ3) is 3.66. The summed E-state index contributed by atoms with van der Waals surface area (Å²) in [6, 6.07) is 12.1. The quantitative estimate of drug-likeness (QED) is 0.572. The van der Waals surface area contributed by atoms with E-state index < -0.39 is 23.7 Å². The van der Waals surface area contributed by atoms with E-state index in [1.165, 1.54) is 11.5 Å². The number of para-hydroxylation sites is 1. The number of benzene rings is 2. The molecule has 146 valence electrons. The van der Waals surface area contributed by atoms with E-state index in [0.29, 0.717) is 15.5 Å². The molecule has 0 unspecified atom stereocenters. The third-order valence-corrected chi connectivity index (χ3v) is 5.31. The lowest BCUT2D eigenvalue weighted by molar-refractivity contribution is -0.174. The Balaban J connectivity index is 2.33. The second kappa shape index (κ2) is 7.60. The van der Waals surface area contributed by atoms with Crippen molar-refractivity contribution in [3.05, 3.63) is 74.1 Å². The summed E-state index contributed by atoms with van der Waals surface area (Å²) in [6.45, 7) is 1.37. The molecule has 0 aliphatic carbocycles. The fourth-order valence-corrected chi connectivity index (χ4v) is 4.05. The molecule has 0 aliphatic heterocycles. The van der Waals surface area contributed by atoms with Crippen molar-refractivity contribution >= 4 is 44.2 Å². The lowest BCUT2D eigenvalue weighted by atomic mass is 10.1. The SMILES string of the molecule is C[C@H](NC(=O)C(F)(F)F)c1c(Br)c2cccc(Cl)c2c(=O)n1-c1ccccc1. The minimum absolute atomic E-state index is 0.170. The van der Waals surface area contributed by atoms with Gasteiger partial charge in [-0.3, -0.25) is 14.2 Å². The summed E-state index contributed by atoms with van der Waals surface area (Å²) in [7, 11) is 0. The predicted molar refractivity (Wildman–Crippen MR) is 105 cm³/mol. The molecule has 4 nitrogen and oxygen atoms in total. The van der Waals surface area contributed by atoms with Crippen molar-refractivity contribution in [1.82, 2.24) is 9.88 Å². The van der Waals surface area contributed by atoms with Crippen LogP contribution in [0.4, 0.5) is 13.2 Å². The molecule has 1 aromatic heterocycles. The van der Waals surface area contributed by atoms with Crippen LogP contribution in [-0.2, 0) is 4.79 Å². The van der Waals surface area contributed by atoms with E-state index in [9.17, 15) is 22.8 Å². The monoisotopic (exact) mass is 472 g/mol. The molecule has 1 heterocycles. The Hall–Kier alpha value is -2.32. The third-order valence-electron chi connectivity index (χ3n) is 4.16. The highest BCUT2D eigenvalue weighted by atomic mass is 79.9. The van der Waals surface area contributed by atoms with Gasteiger partial charge in [-0.25, -0.2) is 0 Å². The fraction of sp³-hybridized carbons (Fsp3) is 0.158. The van der Waals surface area contributed by atoms with E-state index in [-0.39, 0.29) is 16.1 Å². The van der Waals surface area contributed by atoms with Gasteiger partial charge in [-0.05, 0) is 41.1 Å². The number of aromatic nitrogens is 1. The molecule has 3 rings (SSSR count). The van der Waals surface area contributed by atoms with Crippen LogP contribution in [0, 0.1) is 0 Å². The number of nitrogens with zero attached hydrogens (tertiary/aromatic N) is 1. The number of amides is 1. The van der Waals surface area contributed by atoms with Crippen molar-refractivity contribution in [3.63, 3.8) is 0 Å². The molecule has 0 aliphatic rings. The fourth-order valence-electron chi connectivity index (χ4n) is 2.95. The van der Waals surface area contributed by atoms with Crippen LogP contribution >= 0.6 is 27.5 Å².